The van der Waals surface area contributed by atoms with E-state index in [9.17, 15) is 0 Å². The highest BCUT2D eigenvalue weighted by Crippen LogP contribution is 2.32. The summed E-state index contributed by atoms with van der Waals surface area (Å²) in [5.41, 5.74) is 5.61. The number of nitrogens with two attached hydrogens (primary N) is 1. The fraction of sp³-hybridized carbons (Fsp3) is 0.636. The van der Waals surface area contributed by atoms with Crippen LogP contribution in [-0.4, -0.2) is 13.2 Å². The zero-order valence-electron chi connectivity index (χ0n) is 8.32. The van der Waals surface area contributed by atoms with Gasteiger partial charge in [0.2, 0.25) is 0 Å². The second-order valence-electron chi connectivity index (χ2n) is 3.84. The molecule has 78 valence electrons. The predicted octanol–water partition coefficient (Wildman–Crippen LogP) is 2.10. The van der Waals surface area contributed by atoms with E-state index in [0.29, 0.717) is 6.54 Å². The molecule has 0 aromatic carbocycles. The van der Waals surface area contributed by atoms with Crippen LogP contribution < -0.4 is 5.73 Å². The normalized spacial score (nSPS) is 18.4. The second kappa shape index (κ2) is 4.62. The van der Waals surface area contributed by atoms with Gasteiger partial charge in [-0.05, 0) is 24.5 Å². The Balaban J connectivity index is 1.74. The van der Waals surface area contributed by atoms with Gasteiger partial charge in [0.15, 0.2) is 0 Å². The highest BCUT2D eigenvalue weighted by atomic mass is 16.5. The Labute approximate surface area is 84.2 Å². The van der Waals surface area contributed by atoms with Crippen molar-refractivity contribution in [1.29, 1.82) is 0 Å². The Hall–Kier alpha value is -0.800. The maximum Gasteiger partial charge on any atom is 0.133 e. The minimum absolute atomic E-state index is 0.0660. The minimum Gasteiger partial charge on any atom is -0.467 e. The van der Waals surface area contributed by atoms with E-state index in [1.54, 1.807) is 6.26 Å². The van der Waals surface area contributed by atoms with Crippen LogP contribution in [0.1, 0.15) is 31.1 Å². The van der Waals surface area contributed by atoms with Gasteiger partial charge in [0, 0.05) is 13.2 Å². The van der Waals surface area contributed by atoms with E-state index in [2.05, 4.69) is 0 Å². The second-order valence-corrected chi connectivity index (χ2v) is 3.84. The zero-order valence-corrected chi connectivity index (χ0v) is 8.32. The average Bonchev–Trinajstić information content (AvgIpc) is 2.86. The molecule has 1 fully saturated rings. The summed E-state index contributed by atoms with van der Waals surface area (Å²) in [6.07, 6.45) is 5.50. The van der Waals surface area contributed by atoms with Crippen molar-refractivity contribution in [3.05, 3.63) is 24.2 Å². The van der Waals surface area contributed by atoms with Crippen molar-refractivity contribution in [2.75, 3.05) is 13.2 Å². The highest BCUT2D eigenvalue weighted by molar-refractivity contribution is 5.02. The van der Waals surface area contributed by atoms with E-state index in [1.165, 1.54) is 12.8 Å². The Morgan fingerprint density at radius 3 is 3.00 bits per heavy atom. The zero-order chi connectivity index (χ0) is 9.80. The molecule has 1 atom stereocenters. The van der Waals surface area contributed by atoms with Gasteiger partial charge in [-0.15, -0.1) is 0 Å². The summed E-state index contributed by atoms with van der Waals surface area (Å²) in [6, 6.07) is 3.77. The summed E-state index contributed by atoms with van der Waals surface area (Å²) < 4.78 is 10.9. The van der Waals surface area contributed by atoms with E-state index >= 15 is 0 Å². The minimum atomic E-state index is -0.0660. The molecular formula is C11H17NO2. The molecule has 1 aliphatic carbocycles. The van der Waals surface area contributed by atoms with E-state index in [1.807, 2.05) is 12.1 Å². The maximum atomic E-state index is 5.67. The van der Waals surface area contributed by atoms with Crippen molar-refractivity contribution in [3.8, 4) is 0 Å². The molecule has 1 aromatic rings. The molecule has 0 spiro atoms. The molecule has 1 aliphatic rings. The van der Waals surface area contributed by atoms with E-state index in [0.717, 1.165) is 24.7 Å². The van der Waals surface area contributed by atoms with Crippen LogP contribution in [0.4, 0.5) is 0 Å². The standard InChI is InChI=1S/C11H17NO2/c12-8-11(10-2-1-6-13-10)14-7-5-9-3-4-9/h1-2,6,9,11H,3-5,7-8,12H2. The predicted molar refractivity (Wildman–Crippen MR) is 53.8 cm³/mol. The van der Waals surface area contributed by atoms with Crippen molar-refractivity contribution in [3.63, 3.8) is 0 Å². The van der Waals surface area contributed by atoms with Crippen molar-refractivity contribution in [2.24, 2.45) is 11.7 Å². The summed E-state index contributed by atoms with van der Waals surface area (Å²) in [6.45, 7) is 1.28. The smallest absolute Gasteiger partial charge is 0.133 e. The first-order chi connectivity index (χ1) is 6.90. The van der Waals surface area contributed by atoms with Crippen LogP contribution in [0.3, 0.4) is 0 Å². The molecule has 0 saturated heterocycles. The molecule has 1 saturated carbocycles. The molecule has 1 heterocycles. The molecule has 0 amide bonds. The molecule has 0 radical (unpaired) electrons. The lowest BCUT2D eigenvalue weighted by Crippen LogP contribution is -2.16. The van der Waals surface area contributed by atoms with Crippen molar-refractivity contribution >= 4 is 0 Å². The number of ether oxygens (including phenoxy) is 1. The summed E-state index contributed by atoms with van der Waals surface area (Å²) in [5.74, 6) is 1.74. The molecule has 2 N–H and O–H groups in total. The lowest BCUT2D eigenvalue weighted by Gasteiger charge is -2.12. The Morgan fingerprint density at radius 1 is 1.57 bits per heavy atom. The van der Waals surface area contributed by atoms with Gasteiger partial charge >= 0.3 is 0 Å². The van der Waals surface area contributed by atoms with Crippen LogP contribution in [0.15, 0.2) is 22.8 Å². The van der Waals surface area contributed by atoms with E-state index in [4.69, 9.17) is 14.9 Å². The average molecular weight is 195 g/mol. The number of rotatable bonds is 6. The largest absolute Gasteiger partial charge is 0.467 e. The van der Waals surface area contributed by atoms with E-state index in [-0.39, 0.29) is 6.10 Å². The molecular weight excluding hydrogens is 178 g/mol. The van der Waals surface area contributed by atoms with Crippen molar-refractivity contribution < 1.29 is 9.15 Å². The van der Waals surface area contributed by atoms with Gasteiger partial charge in [0.1, 0.15) is 11.9 Å². The Morgan fingerprint density at radius 2 is 2.43 bits per heavy atom. The van der Waals surface area contributed by atoms with Crippen molar-refractivity contribution in [2.45, 2.75) is 25.4 Å². The number of furan rings is 1. The van der Waals surface area contributed by atoms with Crippen LogP contribution in [-0.2, 0) is 4.74 Å². The van der Waals surface area contributed by atoms with E-state index < -0.39 is 0 Å². The molecule has 0 bridgehead atoms. The lowest BCUT2D eigenvalue weighted by molar-refractivity contribution is 0.0401. The number of hydrogen-bond donors (Lipinski definition) is 1. The van der Waals surface area contributed by atoms with Gasteiger partial charge in [0.25, 0.3) is 0 Å². The third kappa shape index (κ3) is 2.59. The third-order valence-corrected chi connectivity index (χ3v) is 2.62. The fourth-order valence-electron chi connectivity index (χ4n) is 1.52. The summed E-state index contributed by atoms with van der Waals surface area (Å²) in [7, 11) is 0. The quantitative estimate of drug-likeness (QED) is 0.756. The summed E-state index contributed by atoms with van der Waals surface area (Å²) in [5, 5.41) is 0. The maximum absolute atomic E-state index is 5.67. The van der Waals surface area contributed by atoms with Crippen LogP contribution in [0.5, 0.6) is 0 Å². The monoisotopic (exact) mass is 195 g/mol. The molecule has 3 heteroatoms. The van der Waals surface area contributed by atoms with Gasteiger partial charge in [0.05, 0.1) is 6.26 Å². The lowest BCUT2D eigenvalue weighted by atomic mass is 10.2. The first-order valence-electron chi connectivity index (χ1n) is 5.25. The summed E-state index contributed by atoms with van der Waals surface area (Å²) in [4.78, 5) is 0. The molecule has 1 aromatic heterocycles. The first-order valence-corrected chi connectivity index (χ1v) is 5.25. The van der Waals surface area contributed by atoms with Crippen LogP contribution in [0.2, 0.25) is 0 Å². The molecule has 3 nitrogen and oxygen atoms in total. The molecule has 14 heavy (non-hydrogen) atoms. The first kappa shape index (κ1) is 9.74. The van der Waals surface area contributed by atoms with Gasteiger partial charge in [-0.2, -0.15) is 0 Å². The molecule has 2 rings (SSSR count). The number of hydrogen-bond acceptors (Lipinski definition) is 3. The summed E-state index contributed by atoms with van der Waals surface area (Å²) >= 11 is 0. The van der Waals surface area contributed by atoms with Gasteiger partial charge in [-0.1, -0.05) is 12.8 Å². The fourth-order valence-corrected chi connectivity index (χ4v) is 1.52. The van der Waals surface area contributed by atoms with Crippen LogP contribution >= 0.6 is 0 Å². The van der Waals surface area contributed by atoms with Crippen molar-refractivity contribution in [1.82, 2.24) is 0 Å². The highest BCUT2D eigenvalue weighted by Gasteiger charge is 2.21. The Kier molecular flexibility index (Phi) is 3.22. The van der Waals surface area contributed by atoms with Gasteiger partial charge in [-0.3, -0.25) is 0 Å². The third-order valence-electron chi connectivity index (χ3n) is 2.62. The molecule has 0 aliphatic heterocycles. The SMILES string of the molecule is NCC(OCCC1CC1)c1ccco1. The van der Waals surface area contributed by atoms with Gasteiger partial charge in [-0.25, -0.2) is 0 Å². The Bertz CT molecular complexity index is 254. The van der Waals surface area contributed by atoms with Crippen LogP contribution in [0.25, 0.3) is 0 Å². The molecule has 1 unspecified atom stereocenters. The van der Waals surface area contributed by atoms with Crippen LogP contribution in [0, 0.1) is 5.92 Å². The van der Waals surface area contributed by atoms with Gasteiger partial charge < -0.3 is 14.9 Å². The topological polar surface area (TPSA) is 48.4 Å².